The van der Waals surface area contributed by atoms with E-state index < -0.39 is 10.0 Å². The minimum absolute atomic E-state index is 0.0121. The summed E-state index contributed by atoms with van der Waals surface area (Å²) in [4.78, 5) is 12.1. The van der Waals surface area contributed by atoms with Crippen molar-refractivity contribution in [2.75, 3.05) is 24.1 Å². The van der Waals surface area contributed by atoms with Crippen molar-refractivity contribution < 1.29 is 17.9 Å². The van der Waals surface area contributed by atoms with E-state index in [0.29, 0.717) is 11.4 Å². The molecule has 27 heavy (non-hydrogen) atoms. The average Bonchev–Trinajstić information content (AvgIpc) is 3.09. The second kappa shape index (κ2) is 8.09. The van der Waals surface area contributed by atoms with Crippen molar-refractivity contribution in [1.82, 2.24) is 14.9 Å². The maximum Gasteiger partial charge on any atom is 0.234 e. The third-order valence-corrected chi connectivity index (χ3v) is 5.20. The number of aromatic nitrogens is 2. The van der Waals surface area contributed by atoms with Gasteiger partial charge >= 0.3 is 0 Å². The van der Waals surface area contributed by atoms with Crippen LogP contribution < -0.4 is 14.8 Å². The molecule has 3 rings (SSSR count). The number of rotatable bonds is 8. The number of fused-ring (bicyclic) bond motifs is 1. The Hall–Kier alpha value is -3.07. The molecule has 2 heterocycles. The first-order valence-corrected chi connectivity index (χ1v) is 9.94. The van der Waals surface area contributed by atoms with Crippen LogP contribution in [-0.4, -0.2) is 43.3 Å². The van der Waals surface area contributed by atoms with Gasteiger partial charge in [-0.15, -0.1) is 0 Å². The number of pyridine rings is 1. The molecule has 0 bridgehead atoms. The van der Waals surface area contributed by atoms with Crippen LogP contribution in [0.5, 0.6) is 5.75 Å². The van der Waals surface area contributed by atoms with Crippen molar-refractivity contribution in [3.63, 3.8) is 0 Å². The van der Waals surface area contributed by atoms with Crippen LogP contribution in [0.4, 0.5) is 5.69 Å². The Labute approximate surface area is 157 Å². The lowest BCUT2D eigenvalue weighted by Gasteiger charge is -2.10. The number of methoxy groups -OCH3 is 1. The Balaban J connectivity index is 1.51. The first-order valence-electron chi connectivity index (χ1n) is 8.29. The van der Waals surface area contributed by atoms with E-state index in [1.54, 1.807) is 47.2 Å². The zero-order valence-electron chi connectivity index (χ0n) is 14.8. The van der Waals surface area contributed by atoms with Crippen LogP contribution in [0.15, 0.2) is 54.9 Å². The number of nitrogens with zero attached hydrogens (tertiary/aromatic N) is 2. The molecule has 1 amide bonds. The molecule has 0 fully saturated rings. The number of carbonyl (C=O) groups excluding carboxylic acids is 1. The smallest absolute Gasteiger partial charge is 0.234 e. The summed E-state index contributed by atoms with van der Waals surface area (Å²) in [6.45, 7) is 0.0121. The predicted molar refractivity (Wildman–Crippen MR) is 102 cm³/mol. The fraction of sp³-hybridized carbons (Fsp3) is 0.222. The zero-order chi connectivity index (χ0) is 19.3. The van der Waals surface area contributed by atoms with Gasteiger partial charge in [-0.05, 0) is 24.3 Å². The van der Waals surface area contributed by atoms with Gasteiger partial charge < -0.3 is 10.1 Å². The lowest BCUT2D eigenvalue weighted by atomic mass is 10.1. The van der Waals surface area contributed by atoms with E-state index in [9.17, 15) is 13.2 Å². The highest BCUT2D eigenvalue weighted by atomic mass is 32.2. The number of hydrogen-bond donors (Lipinski definition) is 2. The van der Waals surface area contributed by atoms with E-state index in [1.807, 2.05) is 12.1 Å². The van der Waals surface area contributed by atoms with Gasteiger partial charge in [0.25, 0.3) is 0 Å². The van der Waals surface area contributed by atoms with E-state index >= 15 is 0 Å². The number of benzene rings is 1. The van der Waals surface area contributed by atoms with Gasteiger partial charge in [0, 0.05) is 24.5 Å². The highest BCUT2D eigenvalue weighted by Gasteiger charge is 2.13. The van der Waals surface area contributed by atoms with Crippen LogP contribution in [0, 0.1) is 0 Å². The molecule has 0 saturated carbocycles. The summed E-state index contributed by atoms with van der Waals surface area (Å²) in [7, 11) is -2.05. The largest absolute Gasteiger partial charge is 0.496 e. The van der Waals surface area contributed by atoms with Crippen molar-refractivity contribution in [2.24, 2.45) is 0 Å². The van der Waals surface area contributed by atoms with Crippen molar-refractivity contribution in [3.8, 4) is 5.75 Å². The fourth-order valence-corrected chi connectivity index (χ4v) is 3.58. The average molecular weight is 388 g/mol. The molecule has 142 valence electrons. The van der Waals surface area contributed by atoms with Gasteiger partial charge in [-0.1, -0.05) is 18.2 Å². The maximum atomic E-state index is 12.2. The molecule has 0 spiro atoms. The maximum absolute atomic E-state index is 12.2. The molecule has 3 aromatic rings. The van der Waals surface area contributed by atoms with E-state index in [0.717, 1.165) is 11.1 Å². The molecule has 9 heteroatoms. The highest BCUT2D eigenvalue weighted by molar-refractivity contribution is 7.92. The van der Waals surface area contributed by atoms with Gasteiger partial charge in [0.1, 0.15) is 5.75 Å². The highest BCUT2D eigenvalue weighted by Crippen LogP contribution is 2.17. The van der Waals surface area contributed by atoms with Crippen LogP contribution in [0.25, 0.3) is 5.52 Å². The fourth-order valence-electron chi connectivity index (χ4n) is 2.63. The number of hydrogen-bond acceptors (Lipinski definition) is 5. The molecule has 0 atom stereocenters. The summed E-state index contributed by atoms with van der Waals surface area (Å²) in [5, 5.41) is 6.68. The van der Waals surface area contributed by atoms with Gasteiger partial charge in [-0.2, -0.15) is 5.10 Å². The molecule has 0 aliphatic rings. The molecule has 1 aromatic carbocycles. The van der Waals surface area contributed by atoms with Crippen molar-refractivity contribution in [3.05, 3.63) is 60.4 Å². The second-order valence-corrected chi connectivity index (χ2v) is 7.72. The Morgan fingerprint density at radius 1 is 1.22 bits per heavy atom. The lowest BCUT2D eigenvalue weighted by Crippen LogP contribution is -2.32. The van der Waals surface area contributed by atoms with Crippen LogP contribution in [0.1, 0.15) is 5.56 Å². The monoisotopic (exact) mass is 388 g/mol. The van der Waals surface area contributed by atoms with Gasteiger partial charge in [0.05, 0.1) is 30.5 Å². The summed E-state index contributed by atoms with van der Waals surface area (Å²) in [6, 6.07) is 12.3. The SMILES string of the molecule is COc1ccccc1CC(=O)NCCS(=O)(=O)Nc1ccn2nccc2c1. The Morgan fingerprint density at radius 2 is 2.04 bits per heavy atom. The molecule has 0 saturated heterocycles. The number of nitrogens with one attached hydrogen (secondary N) is 2. The number of ether oxygens (including phenoxy) is 1. The quantitative estimate of drug-likeness (QED) is 0.608. The zero-order valence-corrected chi connectivity index (χ0v) is 15.6. The minimum Gasteiger partial charge on any atom is -0.496 e. The number of sulfonamides is 1. The van der Waals surface area contributed by atoms with Crippen LogP contribution >= 0.6 is 0 Å². The predicted octanol–water partition coefficient (Wildman–Crippen LogP) is 1.44. The normalized spacial score (nSPS) is 11.3. The summed E-state index contributed by atoms with van der Waals surface area (Å²) in [5.41, 5.74) is 1.97. The molecular formula is C18H20N4O4S. The Bertz CT molecular complexity index is 1050. The van der Waals surface area contributed by atoms with E-state index in [2.05, 4.69) is 15.1 Å². The summed E-state index contributed by atoms with van der Waals surface area (Å²) < 4.78 is 33.8. The number of amides is 1. The molecule has 0 radical (unpaired) electrons. The summed E-state index contributed by atoms with van der Waals surface area (Å²) in [5.74, 6) is 0.127. The molecular weight excluding hydrogens is 368 g/mol. The van der Waals surface area contributed by atoms with Crippen molar-refractivity contribution in [2.45, 2.75) is 6.42 Å². The topological polar surface area (TPSA) is 102 Å². The van der Waals surface area contributed by atoms with Gasteiger partial charge in [-0.25, -0.2) is 12.9 Å². The van der Waals surface area contributed by atoms with Gasteiger partial charge in [0.15, 0.2) is 0 Å². The first-order chi connectivity index (χ1) is 13.0. The van der Waals surface area contributed by atoms with E-state index in [-0.39, 0.29) is 24.6 Å². The van der Waals surface area contributed by atoms with E-state index in [1.165, 1.54) is 7.11 Å². The van der Waals surface area contributed by atoms with Gasteiger partial charge in [0.2, 0.25) is 15.9 Å². The van der Waals surface area contributed by atoms with Crippen LogP contribution in [0.3, 0.4) is 0 Å². The van der Waals surface area contributed by atoms with Crippen molar-refractivity contribution >= 4 is 27.1 Å². The van der Waals surface area contributed by atoms with Gasteiger partial charge in [-0.3, -0.25) is 9.52 Å². The molecule has 0 unspecified atom stereocenters. The molecule has 8 nitrogen and oxygen atoms in total. The molecule has 0 aliphatic carbocycles. The third-order valence-electron chi connectivity index (χ3n) is 3.91. The standard InChI is InChI=1S/C18H20N4O4S/c1-26-17-5-3-2-4-14(17)12-18(23)19-9-11-27(24,25)21-15-7-10-22-16(13-15)6-8-20-22/h2-8,10,13,21H,9,11-12H2,1H3,(H,19,23). The first kappa shape index (κ1) is 18.7. The Kier molecular flexibility index (Phi) is 5.60. The number of para-hydroxylation sites is 1. The second-order valence-electron chi connectivity index (χ2n) is 5.88. The van der Waals surface area contributed by atoms with Crippen molar-refractivity contribution in [1.29, 1.82) is 0 Å². The minimum atomic E-state index is -3.59. The van der Waals surface area contributed by atoms with Crippen LogP contribution in [-0.2, 0) is 21.2 Å². The molecule has 2 N–H and O–H groups in total. The van der Waals surface area contributed by atoms with Crippen LogP contribution in [0.2, 0.25) is 0 Å². The molecule has 0 aliphatic heterocycles. The summed E-state index contributed by atoms with van der Waals surface area (Å²) in [6.07, 6.45) is 3.42. The third kappa shape index (κ3) is 4.98. The lowest BCUT2D eigenvalue weighted by molar-refractivity contribution is -0.120. The number of anilines is 1. The molecule has 2 aromatic heterocycles. The Morgan fingerprint density at radius 3 is 2.85 bits per heavy atom. The summed E-state index contributed by atoms with van der Waals surface area (Å²) >= 11 is 0. The van der Waals surface area contributed by atoms with E-state index in [4.69, 9.17) is 4.74 Å². The number of carbonyl (C=O) groups is 1.